The van der Waals surface area contributed by atoms with Gasteiger partial charge in [-0.05, 0) is 45.0 Å². The van der Waals surface area contributed by atoms with E-state index in [1.165, 1.54) is 0 Å². The molecular formula is C20H21N3O. The minimum atomic E-state index is -0.0683. The summed E-state index contributed by atoms with van der Waals surface area (Å²) in [4.78, 5) is 12.3. The van der Waals surface area contributed by atoms with E-state index in [4.69, 9.17) is 0 Å². The lowest BCUT2D eigenvalue weighted by atomic mass is 10.1. The monoisotopic (exact) mass is 319 g/mol. The maximum atomic E-state index is 12.3. The number of amides is 1. The number of aryl methyl sites for hydroxylation is 2. The van der Waals surface area contributed by atoms with Crippen LogP contribution in [0, 0.1) is 20.8 Å². The van der Waals surface area contributed by atoms with E-state index in [0.717, 1.165) is 28.2 Å². The molecular weight excluding hydrogens is 298 g/mol. The summed E-state index contributed by atoms with van der Waals surface area (Å²) in [5.41, 5.74) is 5.87. The maximum absolute atomic E-state index is 12.3. The molecule has 122 valence electrons. The van der Waals surface area contributed by atoms with Crippen LogP contribution in [0.25, 0.3) is 5.69 Å². The molecule has 0 spiro atoms. The third-order valence-corrected chi connectivity index (χ3v) is 4.18. The summed E-state index contributed by atoms with van der Waals surface area (Å²) in [5, 5.41) is 7.60. The lowest BCUT2D eigenvalue weighted by Gasteiger charge is -2.07. The Morgan fingerprint density at radius 3 is 2.33 bits per heavy atom. The standard InChI is InChI=1S/C20H21N3O/c1-14-9-11-17(12-10-14)20(24)21-13-19-15(2)22-23(16(19)3)18-7-5-4-6-8-18/h4-12H,13H2,1-3H3,(H,21,24). The van der Waals surface area contributed by atoms with Crippen molar-refractivity contribution >= 4 is 5.91 Å². The van der Waals surface area contributed by atoms with Crippen LogP contribution in [0.4, 0.5) is 0 Å². The number of carbonyl (C=O) groups excluding carboxylic acids is 1. The third-order valence-electron chi connectivity index (χ3n) is 4.18. The normalized spacial score (nSPS) is 10.6. The van der Waals surface area contributed by atoms with Crippen LogP contribution in [0.2, 0.25) is 0 Å². The first-order valence-corrected chi connectivity index (χ1v) is 8.01. The Morgan fingerprint density at radius 2 is 1.67 bits per heavy atom. The average molecular weight is 319 g/mol. The second-order valence-corrected chi connectivity index (χ2v) is 5.95. The Balaban J connectivity index is 1.77. The van der Waals surface area contributed by atoms with Crippen molar-refractivity contribution in [1.82, 2.24) is 15.1 Å². The van der Waals surface area contributed by atoms with Gasteiger partial charge in [0, 0.05) is 23.4 Å². The Morgan fingerprint density at radius 1 is 1.00 bits per heavy atom. The molecule has 0 aliphatic heterocycles. The van der Waals surface area contributed by atoms with Crippen LogP contribution in [0.15, 0.2) is 54.6 Å². The first-order chi connectivity index (χ1) is 11.6. The number of carbonyl (C=O) groups is 1. The minimum absolute atomic E-state index is 0.0683. The van der Waals surface area contributed by atoms with Crippen LogP contribution in [-0.2, 0) is 6.54 Å². The molecule has 1 aromatic heterocycles. The fourth-order valence-electron chi connectivity index (χ4n) is 2.73. The van der Waals surface area contributed by atoms with Gasteiger partial charge < -0.3 is 5.32 Å². The lowest BCUT2D eigenvalue weighted by Crippen LogP contribution is -2.23. The van der Waals surface area contributed by atoms with E-state index in [-0.39, 0.29) is 5.91 Å². The van der Waals surface area contributed by atoms with Gasteiger partial charge >= 0.3 is 0 Å². The van der Waals surface area contributed by atoms with Crippen molar-refractivity contribution in [3.8, 4) is 5.69 Å². The van der Waals surface area contributed by atoms with Gasteiger partial charge in [-0.15, -0.1) is 0 Å². The Kier molecular flexibility index (Phi) is 4.47. The van der Waals surface area contributed by atoms with Crippen LogP contribution in [-0.4, -0.2) is 15.7 Å². The average Bonchev–Trinajstić information content (AvgIpc) is 2.88. The van der Waals surface area contributed by atoms with E-state index >= 15 is 0 Å². The highest BCUT2D eigenvalue weighted by molar-refractivity contribution is 5.94. The third kappa shape index (κ3) is 3.23. The fourth-order valence-corrected chi connectivity index (χ4v) is 2.73. The summed E-state index contributed by atoms with van der Waals surface area (Å²) in [5.74, 6) is -0.0683. The van der Waals surface area contributed by atoms with E-state index in [1.807, 2.05) is 80.1 Å². The minimum Gasteiger partial charge on any atom is -0.348 e. The highest BCUT2D eigenvalue weighted by Crippen LogP contribution is 2.17. The van der Waals surface area contributed by atoms with Crippen LogP contribution >= 0.6 is 0 Å². The molecule has 0 atom stereocenters. The summed E-state index contributed by atoms with van der Waals surface area (Å²) in [6, 6.07) is 17.6. The van der Waals surface area contributed by atoms with Gasteiger partial charge in [0.2, 0.25) is 0 Å². The number of nitrogens with zero attached hydrogens (tertiary/aromatic N) is 2. The smallest absolute Gasteiger partial charge is 0.251 e. The SMILES string of the molecule is Cc1ccc(C(=O)NCc2c(C)nn(-c3ccccc3)c2C)cc1. The zero-order valence-electron chi connectivity index (χ0n) is 14.2. The Labute approximate surface area is 142 Å². The fraction of sp³-hybridized carbons (Fsp3) is 0.200. The molecule has 3 rings (SSSR count). The van der Waals surface area contributed by atoms with Crippen LogP contribution < -0.4 is 5.32 Å². The molecule has 1 heterocycles. The molecule has 0 saturated heterocycles. The quantitative estimate of drug-likeness (QED) is 0.796. The predicted molar refractivity (Wildman–Crippen MR) is 95.4 cm³/mol. The molecule has 0 saturated carbocycles. The van der Waals surface area contributed by atoms with Gasteiger partial charge in [0.1, 0.15) is 0 Å². The van der Waals surface area contributed by atoms with E-state index in [0.29, 0.717) is 12.1 Å². The number of nitrogens with one attached hydrogen (secondary N) is 1. The van der Waals surface area contributed by atoms with Crippen molar-refractivity contribution in [2.45, 2.75) is 27.3 Å². The number of para-hydroxylation sites is 1. The van der Waals surface area contributed by atoms with Gasteiger partial charge in [0.15, 0.2) is 0 Å². The molecule has 0 unspecified atom stereocenters. The summed E-state index contributed by atoms with van der Waals surface area (Å²) in [7, 11) is 0. The number of hydrogen-bond acceptors (Lipinski definition) is 2. The van der Waals surface area contributed by atoms with Crippen molar-refractivity contribution in [2.24, 2.45) is 0 Å². The Bertz CT molecular complexity index is 849. The van der Waals surface area contributed by atoms with E-state index in [1.54, 1.807) is 0 Å². The summed E-state index contributed by atoms with van der Waals surface area (Å²) < 4.78 is 1.92. The highest BCUT2D eigenvalue weighted by atomic mass is 16.1. The first kappa shape index (κ1) is 16.0. The van der Waals surface area contributed by atoms with E-state index in [9.17, 15) is 4.79 Å². The topological polar surface area (TPSA) is 46.9 Å². The van der Waals surface area contributed by atoms with E-state index < -0.39 is 0 Å². The van der Waals surface area contributed by atoms with Crippen LogP contribution in [0.1, 0.15) is 32.9 Å². The molecule has 3 aromatic rings. The van der Waals surface area contributed by atoms with Gasteiger partial charge in [-0.25, -0.2) is 4.68 Å². The highest BCUT2D eigenvalue weighted by Gasteiger charge is 2.14. The predicted octanol–water partition coefficient (Wildman–Crippen LogP) is 3.73. The second-order valence-electron chi connectivity index (χ2n) is 5.95. The van der Waals surface area contributed by atoms with Crippen molar-refractivity contribution < 1.29 is 4.79 Å². The van der Waals surface area contributed by atoms with Gasteiger partial charge in [-0.2, -0.15) is 5.10 Å². The van der Waals surface area contributed by atoms with Crippen molar-refractivity contribution in [3.05, 3.63) is 82.7 Å². The lowest BCUT2D eigenvalue weighted by molar-refractivity contribution is 0.0951. The molecule has 1 N–H and O–H groups in total. The van der Waals surface area contributed by atoms with Crippen molar-refractivity contribution in [3.63, 3.8) is 0 Å². The maximum Gasteiger partial charge on any atom is 0.251 e. The zero-order chi connectivity index (χ0) is 17.1. The summed E-state index contributed by atoms with van der Waals surface area (Å²) in [6.45, 7) is 6.48. The number of hydrogen-bond donors (Lipinski definition) is 1. The largest absolute Gasteiger partial charge is 0.348 e. The molecule has 0 fully saturated rings. The molecule has 0 bridgehead atoms. The van der Waals surface area contributed by atoms with Gasteiger partial charge in [-0.1, -0.05) is 35.9 Å². The second kappa shape index (κ2) is 6.71. The molecule has 0 aliphatic rings. The molecule has 4 nitrogen and oxygen atoms in total. The molecule has 24 heavy (non-hydrogen) atoms. The first-order valence-electron chi connectivity index (χ1n) is 8.01. The van der Waals surface area contributed by atoms with Gasteiger partial charge in [-0.3, -0.25) is 4.79 Å². The van der Waals surface area contributed by atoms with Gasteiger partial charge in [0.05, 0.1) is 11.4 Å². The molecule has 4 heteroatoms. The van der Waals surface area contributed by atoms with E-state index in [2.05, 4.69) is 10.4 Å². The number of rotatable bonds is 4. The number of aromatic nitrogens is 2. The molecule has 0 aliphatic carbocycles. The molecule has 1 amide bonds. The van der Waals surface area contributed by atoms with Crippen molar-refractivity contribution in [1.29, 1.82) is 0 Å². The van der Waals surface area contributed by atoms with Crippen LogP contribution in [0.5, 0.6) is 0 Å². The summed E-state index contributed by atoms with van der Waals surface area (Å²) >= 11 is 0. The molecule has 0 radical (unpaired) electrons. The van der Waals surface area contributed by atoms with Gasteiger partial charge in [0.25, 0.3) is 5.91 Å². The number of benzene rings is 2. The summed E-state index contributed by atoms with van der Waals surface area (Å²) in [6.07, 6.45) is 0. The van der Waals surface area contributed by atoms with Crippen molar-refractivity contribution in [2.75, 3.05) is 0 Å². The zero-order valence-corrected chi connectivity index (χ0v) is 14.2. The molecule has 2 aromatic carbocycles. The Hall–Kier alpha value is -2.88. The van der Waals surface area contributed by atoms with Crippen LogP contribution in [0.3, 0.4) is 0 Å².